The van der Waals surface area contributed by atoms with Crippen molar-refractivity contribution in [2.45, 2.75) is 27.3 Å². The topological polar surface area (TPSA) is 36.1 Å². The van der Waals surface area contributed by atoms with Crippen molar-refractivity contribution >= 4 is 11.3 Å². The summed E-state index contributed by atoms with van der Waals surface area (Å²) in [6.45, 7) is 9.17. The van der Waals surface area contributed by atoms with E-state index >= 15 is 0 Å². The van der Waals surface area contributed by atoms with Gasteiger partial charge < -0.3 is 4.98 Å². The van der Waals surface area contributed by atoms with Gasteiger partial charge in [0, 0.05) is 17.1 Å². The molecule has 0 saturated carbocycles. The Balaban J connectivity index is 2.72. The van der Waals surface area contributed by atoms with Gasteiger partial charge in [-0.25, -0.2) is 0 Å². The third kappa shape index (κ3) is 2.67. The summed E-state index contributed by atoms with van der Waals surface area (Å²) in [5.74, 6) is 0. The average molecular weight is 200 g/mol. The van der Waals surface area contributed by atoms with Crippen LogP contribution in [0.5, 0.6) is 0 Å². The van der Waals surface area contributed by atoms with Crippen molar-refractivity contribution in [2.24, 2.45) is 0 Å². The van der Waals surface area contributed by atoms with Gasteiger partial charge in [0.25, 0.3) is 0 Å². The number of H-pyrrole nitrogens is 1. The number of hydrogen-bond acceptors (Lipinski definition) is 3. The van der Waals surface area contributed by atoms with Crippen LogP contribution in [-0.4, -0.2) is 23.0 Å². The van der Waals surface area contributed by atoms with Gasteiger partial charge in [-0.3, -0.25) is 9.69 Å². The zero-order valence-electron chi connectivity index (χ0n) is 8.39. The third-order valence-corrected chi connectivity index (χ3v) is 3.15. The van der Waals surface area contributed by atoms with Crippen molar-refractivity contribution in [3.63, 3.8) is 0 Å². The number of aromatic nitrogens is 1. The summed E-state index contributed by atoms with van der Waals surface area (Å²) in [5, 5.41) is 0. The second kappa shape index (κ2) is 4.58. The highest BCUT2D eigenvalue weighted by atomic mass is 32.1. The van der Waals surface area contributed by atoms with E-state index in [1.807, 2.05) is 6.92 Å². The minimum absolute atomic E-state index is 0.0552. The molecule has 1 N–H and O–H groups in total. The SMILES string of the molecule is CCN(CC)Cc1sc(=O)[nH]c1C. The molecule has 0 aromatic carbocycles. The van der Waals surface area contributed by atoms with Gasteiger partial charge in [-0.1, -0.05) is 25.2 Å². The molecule has 0 aliphatic heterocycles. The molecular weight excluding hydrogens is 184 g/mol. The lowest BCUT2D eigenvalue weighted by Crippen LogP contribution is -2.21. The van der Waals surface area contributed by atoms with E-state index in [1.165, 1.54) is 11.3 Å². The molecule has 13 heavy (non-hydrogen) atoms. The van der Waals surface area contributed by atoms with Crippen LogP contribution in [0.25, 0.3) is 0 Å². The van der Waals surface area contributed by atoms with Crippen LogP contribution in [0.2, 0.25) is 0 Å². The van der Waals surface area contributed by atoms with Crippen molar-refractivity contribution < 1.29 is 0 Å². The minimum atomic E-state index is 0.0552. The number of rotatable bonds is 4. The van der Waals surface area contributed by atoms with Crippen molar-refractivity contribution in [1.82, 2.24) is 9.88 Å². The summed E-state index contributed by atoms with van der Waals surface area (Å²) in [4.78, 5) is 17.3. The van der Waals surface area contributed by atoms with Gasteiger partial charge >= 0.3 is 4.87 Å². The molecule has 0 bridgehead atoms. The van der Waals surface area contributed by atoms with E-state index in [0.717, 1.165) is 30.2 Å². The maximum atomic E-state index is 11.0. The first-order chi connectivity index (χ1) is 6.17. The van der Waals surface area contributed by atoms with Gasteiger partial charge in [0.15, 0.2) is 0 Å². The molecule has 0 amide bonds. The van der Waals surface area contributed by atoms with Gasteiger partial charge in [0.1, 0.15) is 0 Å². The molecule has 0 spiro atoms. The Morgan fingerprint density at radius 3 is 2.38 bits per heavy atom. The van der Waals surface area contributed by atoms with Crippen molar-refractivity contribution in [2.75, 3.05) is 13.1 Å². The van der Waals surface area contributed by atoms with Gasteiger partial charge in [-0.2, -0.15) is 0 Å². The predicted molar refractivity (Wildman–Crippen MR) is 56.3 cm³/mol. The summed E-state index contributed by atoms with van der Waals surface area (Å²) in [7, 11) is 0. The highest BCUT2D eigenvalue weighted by molar-refractivity contribution is 7.09. The second-order valence-corrected chi connectivity index (χ2v) is 4.09. The van der Waals surface area contributed by atoms with Crippen LogP contribution in [0.15, 0.2) is 4.79 Å². The lowest BCUT2D eigenvalue weighted by Gasteiger charge is -2.16. The number of nitrogens with one attached hydrogen (secondary N) is 1. The zero-order valence-corrected chi connectivity index (χ0v) is 9.20. The number of thiazole rings is 1. The average Bonchev–Trinajstić information content (AvgIpc) is 2.41. The molecule has 1 aromatic heterocycles. The Hall–Kier alpha value is -0.610. The first kappa shape index (κ1) is 10.5. The van der Waals surface area contributed by atoms with Gasteiger partial charge in [0.05, 0.1) is 0 Å². The van der Waals surface area contributed by atoms with E-state index in [2.05, 4.69) is 23.7 Å². The molecule has 0 atom stereocenters. The number of aryl methyl sites for hydroxylation is 1. The Morgan fingerprint density at radius 1 is 1.38 bits per heavy atom. The summed E-state index contributed by atoms with van der Waals surface area (Å²) >= 11 is 1.32. The Kier molecular flexibility index (Phi) is 3.69. The highest BCUT2D eigenvalue weighted by Crippen LogP contribution is 2.10. The van der Waals surface area contributed by atoms with Crippen LogP contribution in [0, 0.1) is 6.92 Å². The summed E-state index contributed by atoms with van der Waals surface area (Å²) < 4.78 is 0. The van der Waals surface area contributed by atoms with Crippen LogP contribution in [0.4, 0.5) is 0 Å². The highest BCUT2D eigenvalue weighted by Gasteiger charge is 2.07. The van der Waals surface area contributed by atoms with E-state index in [-0.39, 0.29) is 4.87 Å². The molecule has 0 aliphatic carbocycles. The Labute approximate surface area is 82.4 Å². The standard InChI is InChI=1S/C9H16N2OS/c1-4-11(5-2)6-8-7(3)10-9(12)13-8/h4-6H2,1-3H3,(H,10,12). The second-order valence-electron chi connectivity index (χ2n) is 3.02. The molecule has 0 fully saturated rings. The Bertz CT molecular complexity index is 312. The molecular formula is C9H16N2OS. The summed E-state index contributed by atoms with van der Waals surface area (Å²) in [6, 6.07) is 0. The normalized spacial score (nSPS) is 11.1. The van der Waals surface area contributed by atoms with E-state index in [1.54, 1.807) is 0 Å². The number of nitrogens with zero attached hydrogens (tertiary/aromatic N) is 1. The molecule has 3 nitrogen and oxygen atoms in total. The fourth-order valence-electron chi connectivity index (χ4n) is 1.24. The monoisotopic (exact) mass is 200 g/mol. The summed E-state index contributed by atoms with van der Waals surface area (Å²) in [5.41, 5.74) is 1.02. The molecule has 0 aliphatic rings. The van der Waals surface area contributed by atoms with Crippen LogP contribution < -0.4 is 4.87 Å². The third-order valence-electron chi connectivity index (χ3n) is 2.19. The fraction of sp³-hybridized carbons (Fsp3) is 0.667. The van der Waals surface area contributed by atoms with Gasteiger partial charge in [0.2, 0.25) is 0 Å². The van der Waals surface area contributed by atoms with Crippen LogP contribution >= 0.6 is 11.3 Å². The molecule has 1 aromatic rings. The molecule has 0 radical (unpaired) electrons. The molecule has 1 rings (SSSR count). The van der Waals surface area contributed by atoms with Crippen molar-refractivity contribution in [1.29, 1.82) is 0 Å². The molecule has 74 valence electrons. The predicted octanol–water partition coefficient (Wildman–Crippen LogP) is 1.59. The number of hydrogen-bond donors (Lipinski definition) is 1. The fourth-order valence-corrected chi connectivity index (χ4v) is 2.12. The summed E-state index contributed by atoms with van der Waals surface area (Å²) in [6.07, 6.45) is 0. The van der Waals surface area contributed by atoms with Crippen molar-refractivity contribution in [3.8, 4) is 0 Å². The van der Waals surface area contributed by atoms with E-state index < -0.39 is 0 Å². The minimum Gasteiger partial charge on any atom is -0.317 e. The molecule has 0 saturated heterocycles. The van der Waals surface area contributed by atoms with E-state index in [4.69, 9.17) is 0 Å². The van der Waals surface area contributed by atoms with E-state index in [9.17, 15) is 4.79 Å². The Morgan fingerprint density at radius 2 is 2.00 bits per heavy atom. The smallest absolute Gasteiger partial charge is 0.304 e. The molecule has 1 heterocycles. The van der Waals surface area contributed by atoms with Crippen LogP contribution in [0.3, 0.4) is 0 Å². The van der Waals surface area contributed by atoms with Gasteiger partial charge in [-0.15, -0.1) is 0 Å². The van der Waals surface area contributed by atoms with Crippen LogP contribution in [0.1, 0.15) is 24.4 Å². The first-order valence-electron chi connectivity index (χ1n) is 4.58. The lowest BCUT2D eigenvalue weighted by atomic mass is 10.3. The quantitative estimate of drug-likeness (QED) is 0.801. The molecule has 0 unspecified atom stereocenters. The van der Waals surface area contributed by atoms with Crippen molar-refractivity contribution in [3.05, 3.63) is 20.2 Å². The maximum absolute atomic E-state index is 11.0. The number of aromatic amines is 1. The zero-order chi connectivity index (χ0) is 9.84. The van der Waals surface area contributed by atoms with E-state index in [0.29, 0.717) is 0 Å². The largest absolute Gasteiger partial charge is 0.317 e. The van der Waals surface area contributed by atoms with Gasteiger partial charge in [-0.05, 0) is 20.0 Å². The molecule has 4 heteroatoms. The van der Waals surface area contributed by atoms with Crippen LogP contribution in [-0.2, 0) is 6.54 Å². The lowest BCUT2D eigenvalue weighted by molar-refractivity contribution is 0.298. The maximum Gasteiger partial charge on any atom is 0.304 e. The first-order valence-corrected chi connectivity index (χ1v) is 5.40.